The minimum atomic E-state index is -0.431. The van der Waals surface area contributed by atoms with Crippen LogP contribution in [0.1, 0.15) is 32.8 Å². The van der Waals surface area contributed by atoms with Crippen LogP contribution in [0, 0.1) is 12.8 Å². The van der Waals surface area contributed by atoms with Gasteiger partial charge >= 0.3 is 11.9 Å². The van der Waals surface area contributed by atoms with E-state index in [1.165, 1.54) is 17.6 Å². The zero-order chi connectivity index (χ0) is 20.0. The zero-order valence-corrected chi connectivity index (χ0v) is 17.4. The second-order valence-corrected chi connectivity index (χ2v) is 7.73. The number of ether oxygens (including phenoxy) is 2. The highest BCUT2D eigenvalue weighted by Gasteiger charge is 2.33. The van der Waals surface area contributed by atoms with Crippen molar-refractivity contribution in [2.45, 2.75) is 39.0 Å². The molecule has 1 unspecified atom stereocenters. The van der Waals surface area contributed by atoms with Gasteiger partial charge in [-0.15, -0.1) is 11.8 Å². The van der Waals surface area contributed by atoms with E-state index in [4.69, 9.17) is 9.47 Å². The summed E-state index contributed by atoms with van der Waals surface area (Å²) < 4.78 is 10.3. The number of nitrogens with one attached hydrogen (secondary N) is 1. The van der Waals surface area contributed by atoms with E-state index in [-0.39, 0.29) is 11.9 Å². The lowest BCUT2D eigenvalue weighted by Crippen LogP contribution is -2.32. The third-order valence-electron chi connectivity index (χ3n) is 4.49. The van der Waals surface area contributed by atoms with E-state index in [9.17, 15) is 9.59 Å². The van der Waals surface area contributed by atoms with Crippen molar-refractivity contribution in [3.05, 3.63) is 52.4 Å². The van der Waals surface area contributed by atoms with Crippen molar-refractivity contribution in [1.82, 2.24) is 5.32 Å². The van der Waals surface area contributed by atoms with Crippen LogP contribution in [0.5, 0.6) is 0 Å². The minimum absolute atomic E-state index is 0.345. The van der Waals surface area contributed by atoms with Gasteiger partial charge in [-0.2, -0.15) is 0 Å². The molecule has 2 rings (SSSR count). The van der Waals surface area contributed by atoms with Crippen molar-refractivity contribution in [1.29, 1.82) is 0 Å². The molecule has 1 heterocycles. The van der Waals surface area contributed by atoms with Crippen LogP contribution in [-0.2, 0) is 19.1 Å². The van der Waals surface area contributed by atoms with Crippen LogP contribution in [0.15, 0.2) is 51.7 Å². The lowest BCUT2D eigenvalue weighted by atomic mass is 9.87. The quantitative estimate of drug-likeness (QED) is 0.432. The van der Waals surface area contributed by atoms with Crippen LogP contribution in [0.25, 0.3) is 0 Å². The molecule has 1 aromatic rings. The summed E-state index contributed by atoms with van der Waals surface area (Å²) in [6.07, 6.45) is 0.761. The third-order valence-corrected chi connectivity index (χ3v) is 5.58. The molecular formula is C21H27NO4S. The van der Waals surface area contributed by atoms with Crippen molar-refractivity contribution in [3.8, 4) is 0 Å². The largest absolute Gasteiger partial charge is 0.466 e. The average Bonchev–Trinajstić information content (AvgIpc) is 2.62. The molecule has 0 bridgehead atoms. The van der Waals surface area contributed by atoms with Gasteiger partial charge in [-0.25, -0.2) is 9.59 Å². The minimum Gasteiger partial charge on any atom is -0.466 e. The number of carbonyl (C=O) groups excluding carboxylic acids is 2. The molecule has 0 saturated carbocycles. The van der Waals surface area contributed by atoms with Crippen molar-refractivity contribution in [2.24, 2.45) is 5.92 Å². The van der Waals surface area contributed by atoms with Gasteiger partial charge in [0.05, 0.1) is 24.9 Å². The lowest BCUT2D eigenvalue weighted by Gasteiger charge is -2.27. The van der Waals surface area contributed by atoms with Crippen LogP contribution < -0.4 is 5.32 Å². The lowest BCUT2D eigenvalue weighted by molar-refractivity contribution is -0.139. The molecule has 27 heavy (non-hydrogen) atoms. The van der Waals surface area contributed by atoms with E-state index < -0.39 is 5.97 Å². The first-order valence-corrected chi connectivity index (χ1v) is 9.97. The predicted octanol–water partition coefficient (Wildman–Crippen LogP) is 3.98. The molecule has 1 aromatic carbocycles. The molecule has 0 aromatic heterocycles. The predicted molar refractivity (Wildman–Crippen MR) is 107 cm³/mol. The number of thioether (sulfide) groups is 1. The van der Waals surface area contributed by atoms with Gasteiger partial charge in [0.15, 0.2) is 0 Å². The Kier molecular flexibility index (Phi) is 7.54. The Morgan fingerprint density at radius 2 is 1.63 bits per heavy atom. The number of benzene rings is 1. The van der Waals surface area contributed by atoms with E-state index in [1.807, 2.05) is 13.8 Å². The Bertz CT molecular complexity index is 765. The Labute approximate surface area is 165 Å². The number of aryl methyl sites for hydroxylation is 1. The Morgan fingerprint density at radius 1 is 1.04 bits per heavy atom. The maximum atomic E-state index is 12.6. The topological polar surface area (TPSA) is 64.6 Å². The summed E-state index contributed by atoms with van der Waals surface area (Å²) in [5.74, 6) is -0.316. The summed E-state index contributed by atoms with van der Waals surface area (Å²) in [5, 5.41) is 3.09. The number of rotatable bonds is 7. The molecule has 1 N–H and O–H groups in total. The number of hydrogen-bond donors (Lipinski definition) is 1. The van der Waals surface area contributed by atoms with Crippen molar-refractivity contribution >= 4 is 23.7 Å². The Morgan fingerprint density at radius 3 is 2.22 bits per heavy atom. The van der Waals surface area contributed by atoms with E-state index in [0.717, 1.165) is 12.2 Å². The fraction of sp³-hybridized carbons (Fsp3) is 0.429. The average molecular weight is 390 g/mol. The summed E-state index contributed by atoms with van der Waals surface area (Å²) in [6.45, 7) is 7.85. The molecule has 0 spiro atoms. The fourth-order valence-corrected chi connectivity index (χ4v) is 3.93. The van der Waals surface area contributed by atoms with E-state index >= 15 is 0 Å². The number of esters is 2. The number of methoxy groups -OCH3 is 1. The highest BCUT2D eigenvalue weighted by molar-refractivity contribution is 7.99. The molecule has 6 heteroatoms. The van der Waals surface area contributed by atoms with Crippen molar-refractivity contribution < 1.29 is 19.1 Å². The first-order chi connectivity index (χ1) is 12.8. The van der Waals surface area contributed by atoms with E-state index in [0.29, 0.717) is 29.1 Å². The van der Waals surface area contributed by atoms with Crippen molar-refractivity contribution in [2.75, 3.05) is 19.5 Å². The van der Waals surface area contributed by atoms with Crippen LogP contribution in [-0.4, -0.2) is 31.4 Å². The number of hydrogen-bond acceptors (Lipinski definition) is 6. The van der Waals surface area contributed by atoms with Gasteiger partial charge in [0.25, 0.3) is 0 Å². The number of dihydropyridines is 1. The van der Waals surface area contributed by atoms with Gasteiger partial charge in [0.1, 0.15) is 0 Å². The highest BCUT2D eigenvalue weighted by Crippen LogP contribution is 2.30. The highest BCUT2D eigenvalue weighted by atomic mass is 32.2. The normalized spacial score (nSPS) is 16.9. The second-order valence-electron chi connectivity index (χ2n) is 6.57. The smallest absolute Gasteiger partial charge is 0.336 e. The standard InChI is InChI=1S/C21H27NO4S/c1-13-7-9-17(10-8-13)27-12-6-11-26-21(24)19-14(2)18(20(23)25-5)15(3)22-16(19)4/h7-10,14,22H,6,11-12H2,1-5H3. The first kappa shape index (κ1) is 21.1. The maximum Gasteiger partial charge on any atom is 0.336 e. The monoisotopic (exact) mass is 389 g/mol. The van der Waals surface area contributed by atoms with Crippen molar-refractivity contribution in [3.63, 3.8) is 0 Å². The van der Waals surface area contributed by atoms with Crippen LogP contribution in [0.4, 0.5) is 0 Å². The first-order valence-electron chi connectivity index (χ1n) is 8.98. The molecule has 0 fully saturated rings. The molecule has 0 radical (unpaired) electrons. The molecule has 5 nitrogen and oxygen atoms in total. The summed E-state index contributed by atoms with van der Waals surface area (Å²) in [7, 11) is 1.34. The van der Waals surface area contributed by atoms with Crippen LogP contribution in [0.2, 0.25) is 0 Å². The molecular weight excluding hydrogens is 362 g/mol. The van der Waals surface area contributed by atoms with Gasteiger partial charge in [-0.3, -0.25) is 0 Å². The van der Waals surface area contributed by atoms with Gasteiger partial charge < -0.3 is 14.8 Å². The maximum absolute atomic E-state index is 12.6. The third kappa shape index (κ3) is 5.39. The summed E-state index contributed by atoms with van der Waals surface area (Å²) >= 11 is 1.74. The second kappa shape index (κ2) is 9.65. The van der Waals surface area contributed by atoms with Gasteiger partial charge in [0.2, 0.25) is 0 Å². The molecule has 0 amide bonds. The molecule has 1 aliphatic rings. The molecule has 1 atom stereocenters. The zero-order valence-electron chi connectivity index (χ0n) is 16.5. The Hall–Kier alpha value is -2.21. The molecule has 0 saturated heterocycles. The summed E-state index contributed by atoms with van der Waals surface area (Å²) in [6, 6.07) is 8.37. The summed E-state index contributed by atoms with van der Waals surface area (Å²) in [4.78, 5) is 25.8. The molecule has 146 valence electrons. The van der Waals surface area contributed by atoms with Crippen LogP contribution >= 0.6 is 11.8 Å². The van der Waals surface area contributed by atoms with Gasteiger partial charge in [-0.05, 0) is 39.3 Å². The summed E-state index contributed by atoms with van der Waals surface area (Å²) in [5.41, 5.74) is 3.60. The van der Waals surface area contributed by atoms with E-state index in [2.05, 4.69) is 36.5 Å². The van der Waals surface area contributed by atoms with Crippen LogP contribution in [0.3, 0.4) is 0 Å². The SMILES string of the molecule is COC(=O)C1=C(C)NC(C)=C(C(=O)OCCCSc2ccc(C)cc2)C1C. The van der Waals surface area contributed by atoms with Gasteiger partial charge in [-0.1, -0.05) is 24.6 Å². The van der Waals surface area contributed by atoms with E-state index in [1.54, 1.807) is 18.7 Å². The number of carbonyl (C=O) groups is 2. The Balaban J connectivity index is 1.86. The van der Waals surface area contributed by atoms with Gasteiger partial charge in [0, 0.05) is 28.0 Å². The molecule has 0 aliphatic carbocycles. The molecule has 1 aliphatic heterocycles. The fourth-order valence-electron chi connectivity index (χ4n) is 3.11. The number of allylic oxidation sites excluding steroid dienone is 2.